The van der Waals surface area contributed by atoms with E-state index in [0.717, 1.165) is 11.8 Å². The Morgan fingerprint density at radius 2 is 1.81 bits per heavy atom. The van der Waals surface area contributed by atoms with Crippen molar-refractivity contribution < 1.29 is 22.7 Å². The number of carbonyl (C=O) groups excluding carboxylic acids is 1. The molecule has 0 aliphatic heterocycles. The second-order valence-corrected chi connectivity index (χ2v) is 7.90. The molecule has 7 nitrogen and oxygen atoms in total. The Bertz CT molecular complexity index is 941. The number of sulfonamides is 1. The van der Waals surface area contributed by atoms with Gasteiger partial charge in [0.1, 0.15) is 11.5 Å². The Morgan fingerprint density at radius 1 is 1.11 bits per heavy atom. The van der Waals surface area contributed by atoms with E-state index in [2.05, 4.69) is 10.0 Å². The minimum atomic E-state index is -3.44. The fraction of sp³-hybridized carbons (Fsp3) is 0.316. The van der Waals surface area contributed by atoms with Crippen LogP contribution in [0.2, 0.25) is 0 Å². The molecule has 146 valence electrons. The van der Waals surface area contributed by atoms with E-state index in [1.807, 2.05) is 6.92 Å². The van der Waals surface area contributed by atoms with Gasteiger partial charge < -0.3 is 14.8 Å². The molecular formula is C19H24N2O5S. The first-order chi connectivity index (χ1) is 12.7. The van der Waals surface area contributed by atoms with Crippen molar-refractivity contribution >= 4 is 21.6 Å². The minimum absolute atomic E-state index is 0.318. The molecule has 1 atom stereocenters. The number of methoxy groups -OCH3 is 2. The monoisotopic (exact) mass is 392 g/mol. The highest BCUT2D eigenvalue weighted by molar-refractivity contribution is 7.92. The van der Waals surface area contributed by atoms with E-state index >= 15 is 0 Å². The largest absolute Gasteiger partial charge is 0.497 e. The number of nitrogens with one attached hydrogen (secondary N) is 2. The molecule has 0 fully saturated rings. The van der Waals surface area contributed by atoms with Gasteiger partial charge in [-0.25, -0.2) is 8.42 Å². The third kappa shape index (κ3) is 5.13. The maximum atomic E-state index is 12.8. The quantitative estimate of drug-likeness (QED) is 0.756. The first-order valence-electron chi connectivity index (χ1n) is 8.26. The lowest BCUT2D eigenvalue weighted by molar-refractivity contribution is 0.0939. The summed E-state index contributed by atoms with van der Waals surface area (Å²) in [5.41, 5.74) is 2.08. The van der Waals surface area contributed by atoms with Crippen LogP contribution in [0, 0.1) is 6.92 Å². The summed E-state index contributed by atoms with van der Waals surface area (Å²) in [6, 6.07) is 9.90. The Morgan fingerprint density at radius 3 is 2.41 bits per heavy atom. The van der Waals surface area contributed by atoms with Gasteiger partial charge in [0.2, 0.25) is 10.0 Å². The summed E-state index contributed by atoms with van der Waals surface area (Å²) in [4.78, 5) is 12.8. The first-order valence-corrected chi connectivity index (χ1v) is 10.2. The van der Waals surface area contributed by atoms with E-state index in [1.54, 1.807) is 57.5 Å². The van der Waals surface area contributed by atoms with Crippen LogP contribution in [-0.4, -0.2) is 34.8 Å². The number of amides is 1. The number of anilines is 1. The van der Waals surface area contributed by atoms with Gasteiger partial charge in [-0.3, -0.25) is 9.52 Å². The van der Waals surface area contributed by atoms with E-state index in [4.69, 9.17) is 9.47 Å². The van der Waals surface area contributed by atoms with Crippen molar-refractivity contribution in [2.24, 2.45) is 0 Å². The Kier molecular flexibility index (Phi) is 6.32. The number of ether oxygens (including phenoxy) is 2. The zero-order valence-corrected chi connectivity index (χ0v) is 16.8. The molecule has 2 rings (SSSR count). The summed E-state index contributed by atoms with van der Waals surface area (Å²) >= 11 is 0. The average molecular weight is 392 g/mol. The van der Waals surface area contributed by atoms with Gasteiger partial charge in [0.05, 0.1) is 32.2 Å². The van der Waals surface area contributed by atoms with Crippen LogP contribution < -0.4 is 19.5 Å². The lowest BCUT2D eigenvalue weighted by atomic mass is 10.0. The summed E-state index contributed by atoms with van der Waals surface area (Å²) in [6.45, 7) is 3.53. The lowest BCUT2D eigenvalue weighted by Gasteiger charge is -2.19. The van der Waals surface area contributed by atoms with Crippen molar-refractivity contribution in [1.82, 2.24) is 5.32 Å². The molecule has 1 amide bonds. The van der Waals surface area contributed by atoms with Gasteiger partial charge in [-0.15, -0.1) is 0 Å². The standard InChI is InChI=1S/C19H24N2O5S/c1-12-15(7-6-8-17(12)21-27(5,23)24)19(22)20-13(2)16-11-14(25-3)9-10-18(16)26-4/h6-11,13,21H,1-5H3,(H,20,22). The zero-order valence-electron chi connectivity index (χ0n) is 16.0. The molecule has 8 heteroatoms. The molecule has 0 aliphatic rings. The maximum absolute atomic E-state index is 12.8. The molecule has 2 N–H and O–H groups in total. The predicted octanol–water partition coefficient (Wildman–Crippen LogP) is 2.87. The number of hydrogen-bond acceptors (Lipinski definition) is 5. The number of carbonyl (C=O) groups is 1. The Hall–Kier alpha value is -2.74. The van der Waals surface area contributed by atoms with Crippen LogP contribution in [-0.2, 0) is 10.0 Å². The molecule has 0 aromatic heterocycles. The molecule has 0 radical (unpaired) electrons. The van der Waals surface area contributed by atoms with Crippen LogP contribution in [0.15, 0.2) is 36.4 Å². The zero-order chi connectivity index (χ0) is 20.2. The molecular weight excluding hydrogens is 368 g/mol. The van der Waals surface area contributed by atoms with Gasteiger partial charge in [0.25, 0.3) is 5.91 Å². The summed E-state index contributed by atoms with van der Waals surface area (Å²) < 4.78 is 36.0. The number of hydrogen-bond donors (Lipinski definition) is 2. The smallest absolute Gasteiger partial charge is 0.252 e. The third-order valence-electron chi connectivity index (χ3n) is 4.12. The van der Waals surface area contributed by atoms with Gasteiger partial charge in [0.15, 0.2) is 0 Å². The molecule has 0 spiro atoms. The van der Waals surface area contributed by atoms with E-state index in [-0.39, 0.29) is 11.9 Å². The van der Waals surface area contributed by atoms with Gasteiger partial charge in [-0.2, -0.15) is 0 Å². The highest BCUT2D eigenvalue weighted by Crippen LogP contribution is 2.29. The topological polar surface area (TPSA) is 93.7 Å². The summed E-state index contributed by atoms with van der Waals surface area (Å²) in [7, 11) is -0.309. The van der Waals surface area contributed by atoms with E-state index in [0.29, 0.717) is 28.3 Å². The molecule has 2 aromatic rings. The maximum Gasteiger partial charge on any atom is 0.252 e. The van der Waals surface area contributed by atoms with E-state index < -0.39 is 10.0 Å². The lowest BCUT2D eigenvalue weighted by Crippen LogP contribution is -2.28. The molecule has 0 saturated heterocycles. The molecule has 0 saturated carbocycles. The average Bonchev–Trinajstić information content (AvgIpc) is 2.61. The fourth-order valence-electron chi connectivity index (χ4n) is 2.72. The van der Waals surface area contributed by atoms with Crippen LogP contribution in [0.5, 0.6) is 11.5 Å². The third-order valence-corrected chi connectivity index (χ3v) is 4.72. The van der Waals surface area contributed by atoms with Gasteiger partial charge in [-0.1, -0.05) is 6.07 Å². The van der Waals surface area contributed by atoms with E-state index in [9.17, 15) is 13.2 Å². The van der Waals surface area contributed by atoms with Gasteiger partial charge in [0, 0.05) is 11.1 Å². The van der Waals surface area contributed by atoms with Crippen molar-refractivity contribution in [3.63, 3.8) is 0 Å². The predicted molar refractivity (Wildman–Crippen MR) is 105 cm³/mol. The summed E-state index contributed by atoms with van der Waals surface area (Å²) in [5.74, 6) is 0.970. The Labute approximate surface area is 159 Å². The Balaban J connectivity index is 2.29. The van der Waals surface area contributed by atoms with Crippen LogP contribution in [0.1, 0.15) is 34.5 Å². The second-order valence-electron chi connectivity index (χ2n) is 6.16. The molecule has 0 heterocycles. The SMILES string of the molecule is COc1ccc(OC)c(C(C)NC(=O)c2cccc(NS(C)(=O)=O)c2C)c1. The first kappa shape index (κ1) is 20.6. The molecule has 0 aliphatic carbocycles. The highest BCUT2D eigenvalue weighted by atomic mass is 32.2. The van der Waals surface area contributed by atoms with Crippen LogP contribution in [0.4, 0.5) is 5.69 Å². The van der Waals surface area contributed by atoms with Crippen molar-refractivity contribution in [2.45, 2.75) is 19.9 Å². The van der Waals surface area contributed by atoms with Gasteiger partial charge >= 0.3 is 0 Å². The molecule has 2 aromatic carbocycles. The highest BCUT2D eigenvalue weighted by Gasteiger charge is 2.19. The normalized spacial score (nSPS) is 12.2. The number of rotatable bonds is 7. The van der Waals surface area contributed by atoms with Crippen LogP contribution in [0.3, 0.4) is 0 Å². The second kappa shape index (κ2) is 8.30. The number of benzene rings is 2. The molecule has 1 unspecified atom stereocenters. The van der Waals surface area contributed by atoms with Crippen LogP contribution in [0.25, 0.3) is 0 Å². The molecule has 27 heavy (non-hydrogen) atoms. The van der Waals surface area contributed by atoms with Crippen molar-refractivity contribution in [3.05, 3.63) is 53.1 Å². The summed E-state index contributed by atoms with van der Waals surface area (Å²) in [5, 5.41) is 2.92. The summed E-state index contributed by atoms with van der Waals surface area (Å²) in [6.07, 6.45) is 1.07. The van der Waals surface area contributed by atoms with Gasteiger partial charge in [-0.05, 0) is 49.7 Å². The fourth-order valence-corrected chi connectivity index (χ4v) is 3.34. The van der Waals surface area contributed by atoms with Crippen molar-refractivity contribution in [3.8, 4) is 11.5 Å². The van der Waals surface area contributed by atoms with Crippen molar-refractivity contribution in [1.29, 1.82) is 0 Å². The minimum Gasteiger partial charge on any atom is -0.497 e. The van der Waals surface area contributed by atoms with Crippen molar-refractivity contribution in [2.75, 3.05) is 25.2 Å². The van der Waals surface area contributed by atoms with E-state index in [1.165, 1.54) is 0 Å². The van der Waals surface area contributed by atoms with Crippen LogP contribution >= 0.6 is 0 Å². The molecule has 0 bridgehead atoms.